The van der Waals surface area contributed by atoms with Gasteiger partial charge in [-0.1, -0.05) is 31.2 Å². The Labute approximate surface area is 139 Å². The SMILES string of the molecule is CCN1CCN(Cc2ccccc2CNC2=NCC(C)N2)CC1. The van der Waals surface area contributed by atoms with E-state index >= 15 is 0 Å². The lowest BCUT2D eigenvalue weighted by Gasteiger charge is -2.34. The van der Waals surface area contributed by atoms with E-state index < -0.39 is 0 Å². The molecule has 23 heavy (non-hydrogen) atoms. The van der Waals surface area contributed by atoms with Crippen molar-refractivity contribution in [1.82, 2.24) is 20.4 Å². The molecule has 0 saturated carbocycles. The average Bonchev–Trinajstić information content (AvgIpc) is 3.00. The van der Waals surface area contributed by atoms with E-state index in [0.717, 1.165) is 25.6 Å². The topological polar surface area (TPSA) is 42.9 Å². The number of likely N-dealkylation sites (N-methyl/N-ethyl adjacent to an activating group) is 1. The minimum atomic E-state index is 0.447. The lowest BCUT2D eigenvalue weighted by atomic mass is 10.1. The lowest BCUT2D eigenvalue weighted by Crippen LogP contribution is -2.45. The normalized spacial score (nSPS) is 22.7. The van der Waals surface area contributed by atoms with Crippen LogP contribution in [0.2, 0.25) is 0 Å². The van der Waals surface area contributed by atoms with Crippen molar-refractivity contribution >= 4 is 5.96 Å². The fourth-order valence-electron chi connectivity index (χ4n) is 3.23. The summed E-state index contributed by atoms with van der Waals surface area (Å²) in [5.41, 5.74) is 2.80. The summed E-state index contributed by atoms with van der Waals surface area (Å²) in [7, 11) is 0. The van der Waals surface area contributed by atoms with Gasteiger partial charge in [0.2, 0.25) is 0 Å². The molecule has 2 heterocycles. The number of hydrogen-bond acceptors (Lipinski definition) is 5. The van der Waals surface area contributed by atoms with E-state index in [9.17, 15) is 0 Å². The molecule has 0 radical (unpaired) electrons. The molecule has 0 aliphatic carbocycles. The smallest absolute Gasteiger partial charge is 0.191 e. The molecular formula is C18H29N5. The van der Waals surface area contributed by atoms with Gasteiger partial charge in [-0.15, -0.1) is 0 Å². The van der Waals surface area contributed by atoms with Crippen LogP contribution in [0.4, 0.5) is 0 Å². The van der Waals surface area contributed by atoms with Crippen molar-refractivity contribution in [3.8, 4) is 0 Å². The molecule has 1 aromatic carbocycles. The number of benzene rings is 1. The van der Waals surface area contributed by atoms with Crippen LogP contribution in [0.3, 0.4) is 0 Å². The Hall–Kier alpha value is -1.59. The van der Waals surface area contributed by atoms with Gasteiger partial charge < -0.3 is 15.5 Å². The molecular weight excluding hydrogens is 286 g/mol. The van der Waals surface area contributed by atoms with Gasteiger partial charge in [0.15, 0.2) is 5.96 Å². The zero-order valence-corrected chi connectivity index (χ0v) is 14.4. The van der Waals surface area contributed by atoms with Gasteiger partial charge in [0.05, 0.1) is 6.54 Å². The van der Waals surface area contributed by atoms with Crippen LogP contribution in [-0.4, -0.2) is 61.1 Å². The van der Waals surface area contributed by atoms with Gasteiger partial charge in [0, 0.05) is 45.3 Å². The molecule has 1 fully saturated rings. The number of nitrogens with zero attached hydrogens (tertiary/aromatic N) is 3. The molecule has 0 spiro atoms. The summed E-state index contributed by atoms with van der Waals surface area (Å²) >= 11 is 0. The fraction of sp³-hybridized carbons (Fsp3) is 0.611. The number of piperazine rings is 1. The van der Waals surface area contributed by atoms with Crippen LogP contribution < -0.4 is 10.6 Å². The van der Waals surface area contributed by atoms with E-state index in [1.54, 1.807) is 0 Å². The average molecular weight is 315 g/mol. The number of hydrogen-bond donors (Lipinski definition) is 2. The van der Waals surface area contributed by atoms with Gasteiger partial charge in [-0.05, 0) is 24.6 Å². The maximum atomic E-state index is 4.47. The maximum Gasteiger partial charge on any atom is 0.191 e. The van der Waals surface area contributed by atoms with Gasteiger partial charge in [-0.25, -0.2) is 0 Å². The molecule has 2 aliphatic heterocycles. The first-order chi connectivity index (χ1) is 11.2. The summed E-state index contributed by atoms with van der Waals surface area (Å²) in [6.07, 6.45) is 0. The second-order valence-electron chi connectivity index (χ2n) is 6.57. The Kier molecular flexibility index (Phi) is 5.51. The van der Waals surface area contributed by atoms with Crippen LogP contribution in [0, 0.1) is 0 Å². The highest BCUT2D eigenvalue weighted by Crippen LogP contribution is 2.13. The van der Waals surface area contributed by atoms with Crippen LogP contribution in [0.25, 0.3) is 0 Å². The minimum Gasteiger partial charge on any atom is -0.352 e. The number of guanidine groups is 1. The third-order valence-electron chi connectivity index (χ3n) is 4.78. The highest BCUT2D eigenvalue weighted by Gasteiger charge is 2.17. The van der Waals surface area contributed by atoms with Crippen LogP contribution in [-0.2, 0) is 13.1 Å². The van der Waals surface area contributed by atoms with Crippen molar-refractivity contribution in [2.24, 2.45) is 4.99 Å². The maximum absolute atomic E-state index is 4.47. The Bertz CT molecular complexity index is 534. The number of nitrogens with one attached hydrogen (secondary N) is 2. The molecule has 1 saturated heterocycles. The molecule has 0 aromatic heterocycles. The third-order valence-corrected chi connectivity index (χ3v) is 4.78. The summed E-state index contributed by atoms with van der Waals surface area (Å²) in [5.74, 6) is 0.934. The second-order valence-corrected chi connectivity index (χ2v) is 6.57. The van der Waals surface area contributed by atoms with Crippen molar-refractivity contribution in [2.75, 3.05) is 39.3 Å². The van der Waals surface area contributed by atoms with Crippen molar-refractivity contribution < 1.29 is 0 Å². The van der Waals surface area contributed by atoms with E-state index in [-0.39, 0.29) is 0 Å². The Morgan fingerprint density at radius 1 is 1.13 bits per heavy atom. The van der Waals surface area contributed by atoms with Crippen LogP contribution in [0.15, 0.2) is 29.3 Å². The van der Waals surface area contributed by atoms with E-state index in [4.69, 9.17) is 0 Å². The van der Waals surface area contributed by atoms with Gasteiger partial charge >= 0.3 is 0 Å². The molecule has 2 N–H and O–H groups in total. The van der Waals surface area contributed by atoms with Crippen LogP contribution >= 0.6 is 0 Å². The molecule has 2 aliphatic rings. The van der Waals surface area contributed by atoms with Crippen molar-refractivity contribution in [2.45, 2.75) is 33.0 Å². The van der Waals surface area contributed by atoms with Crippen LogP contribution in [0.5, 0.6) is 0 Å². The molecule has 3 rings (SSSR count). The highest BCUT2D eigenvalue weighted by molar-refractivity contribution is 5.81. The first-order valence-corrected chi connectivity index (χ1v) is 8.81. The van der Waals surface area contributed by atoms with Gasteiger partial charge in [0.1, 0.15) is 0 Å². The standard InChI is InChI=1S/C18H29N5/c1-3-22-8-10-23(11-9-22)14-17-7-5-4-6-16(17)13-20-18-19-12-15(2)21-18/h4-7,15H,3,8-14H2,1-2H3,(H2,19,20,21). The molecule has 1 unspecified atom stereocenters. The molecule has 1 aromatic rings. The van der Waals surface area contributed by atoms with Gasteiger partial charge in [-0.2, -0.15) is 0 Å². The quantitative estimate of drug-likeness (QED) is 0.858. The first kappa shape index (κ1) is 16.3. The van der Waals surface area contributed by atoms with E-state index in [1.807, 2.05) is 0 Å². The molecule has 5 nitrogen and oxygen atoms in total. The van der Waals surface area contributed by atoms with Crippen molar-refractivity contribution in [3.63, 3.8) is 0 Å². The Morgan fingerprint density at radius 2 is 1.83 bits per heavy atom. The summed E-state index contributed by atoms with van der Waals surface area (Å²) in [6, 6.07) is 9.21. The fourth-order valence-corrected chi connectivity index (χ4v) is 3.23. The monoisotopic (exact) mass is 315 g/mol. The second kappa shape index (κ2) is 7.79. The highest BCUT2D eigenvalue weighted by atomic mass is 15.3. The lowest BCUT2D eigenvalue weighted by molar-refractivity contribution is 0.131. The van der Waals surface area contributed by atoms with Gasteiger partial charge in [-0.3, -0.25) is 9.89 Å². The Balaban J connectivity index is 1.55. The van der Waals surface area contributed by atoms with E-state index in [1.165, 1.54) is 43.9 Å². The van der Waals surface area contributed by atoms with Crippen LogP contribution in [0.1, 0.15) is 25.0 Å². The van der Waals surface area contributed by atoms with Crippen molar-refractivity contribution in [3.05, 3.63) is 35.4 Å². The summed E-state index contributed by atoms with van der Waals surface area (Å²) in [5, 5.41) is 6.79. The minimum absolute atomic E-state index is 0.447. The molecule has 0 bridgehead atoms. The Morgan fingerprint density at radius 3 is 2.48 bits per heavy atom. The summed E-state index contributed by atoms with van der Waals surface area (Å²) < 4.78 is 0. The first-order valence-electron chi connectivity index (χ1n) is 8.81. The number of aliphatic imine (C=N–C) groups is 1. The predicted octanol–water partition coefficient (Wildman–Crippen LogP) is 1.26. The molecule has 5 heteroatoms. The van der Waals surface area contributed by atoms with Crippen molar-refractivity contribution in [1.29, 1.82) is 0 Å². The summed E-state index contributed by atoms with van der Waals surface area (Å²) in [4.78, 5) is 9.56. The van der Waals surface area contributed by atoms with Gasteiger partial charge in [0.25, 0.3) is 0 Å². The molecule has 1 atom stereocenters. The molecule has 126 valence electrons. The van der Waals surface area contributed by atoms with E-state index in [0.29, 0.717) is 6.04 Å². The summed E-state index contributed by atoms with van der Waals surface area (Å²) in [6.45, 7) is 13.0. The predicted molar refractivity (Wildman–Crippen MR) is 95.6 cm³/mol. The largest absolute Gasteiger partial charge is 0.352 e. The zero-order valence-electron chi connectivity index (χ0n) is 14.4. The third kappa shape index (κ3) is 4.45. The molecule has 0 amide bonds. The van der Waals surface area contributed by atoms with E-state index in [2.05, 4.69) is 63.5 Å². The number of rotatable bonds is 5. The zero-order chi connectivity index (χ0) is 16.1.